The Balaban J connectivity index is 1.57. The van der Waals surface area contributed by atoms with E-state index in [0.29, 0.717) is 22.6 Å². The summed E-state index contributed by atoms with van der Waals surface area (Å²) in [5.41, 5.74) is 1.14. The lowest BCUT2D eigenvalue weighted by Crippen LogP contribution is -2.07. The molecule has 0 saturated heterocycles. The Labute approximate surface area is 121 Å². The molecule has 1 unspecified atom stereocenters. The van der Waals surface area contributed by atoms with Crippen LogP contribution in [0.3, 0.4) is 0 Å². The number of benzene rings is 2. The Bertz CT molecular complexity index is 629. The zero-order valence-corrected chi connectivity index (χ0v) is 11.3. The van der Waals surface area contributed by atoms with Gasteiger partial charge in [-0.15, -0.1) is 0 Å². The molecule has 3 rings (SSSR count). The van der Waals surface area contributed by atoms with Crippen LogP contribution in [0.2, 0.25) is 0 Å². The molecular formula is C16H15FO4. The molecule has 0 radical (unpaired) electrons. The van der Waals surface area contributed by atoms with Crippen molar-refractivity contribution in [1.82, 2.24) is 0 Å². The Morgan fingerprint density at radius 2 is 1.95 bits per heavy atom. The fraction of sp³-hybridized carbons (Fsp3) is 0.250. The van der Waals surface area contributed by atoms with Crippen molar-refractivity contribution in [3.05, 3.63) is 59.4 Å². The highest BCUT2D eigenvalue weighted by molar-refractivity contribution is 5.45. The van der Waals surface area contributed by atoms with Gasteiger partial charge in [0, 0.05) is 5.56 Å². The maximum absolute atomic E-state index is 13.4. The summed E-state index contributed by atoms with van der Waals surface area (Å²) in [5, 5.41) is 10.1. The third kappa shape index (κ3) is 3.15. The normalized spacial score (nSPS) is 14.2. The monoisotopic (exact) mass is 290 g/mol. The fourth-order valence-corrected chi connectivity index (χ4v) is 2.11. The number of aliphatic hydroxyl groups excluding tert-OH is 1. The Morgan fingerprint density at radius 1 is 1.14 bits per heavy atom. The van der Waals surface area contributed by atoms with Crippen LogP contribution in [0.5, 0.6) is 11.5 Å². The van der Waals surface area contributed by atoms with Gasteiger partial charge in [-0.1, -0.05) is 24.3 Å². The SMILES string of the molecule is OC(COCc1ccccc1F)c1ccc2c(c1)OCO2. The number of rotatable bonds is 5. The van der Waals surface area contributed by atoms with E-state index in [-0.39, 0.29) is 25.8 Å². The highest BCUT2D eigenvalue weighted by atomic mass is 19.1. The number of hydrogen-bond donors (Lipinski definition) is 1. The van der Waals surface area contributed by atoms with Crippen LogP contribution in [0.4, 0.5) is 4.39 Å². The molecule has 2 aromatic rings. The number of ether oxygens (including phenoxy) is 3. The number of halogens is 1. The molecule has 1 heterocycles. The van der Waals surface area contributed by atoms with Crippen molar-refractivity contribution in [2.24, 2.45) is 0 Å². The van der Waals surface area contributed by atoms with Crippen molar-refractivity contribution in [3.63, 3.8) is 0 Å². The molecule has 0 aromatic heterocycles. The van der Waals surface area contributed by atoms with Crippen LogP contribution in [0.1, 0.15) is 17.2 Å². The summed E-state index contributed by atoms with van der Waals surface area (Å²) in [4.78, 5) is 0. The Kier molecular flexibility index (Phi) is 4.03. The molecule has 1 aliphatic heterocycles. The number of hydrogen-bond acceptors (Lipinski definition) is 4. The second-order valence-electron chi connectivity index (χ2n) is 4.74. The molecule has 2 aromatic carbocycles. The van der Waals surface area contributed by atoms with Crippen molar-refractivity contribution >= 4 is 0 Å². The Morgan fingerprint density at radius 3 is 2.81 bits per heavy atom. The van der Waals surface area contributed by atoms with Gasteiger partial charge < -0.3 is 19.3 Å². The lowest BCUT2D eigenvalue weighted by molar-refractivity contribution is 0.0266. The van der Waals surface area contributed by atoms with Gasteiger partial charge in [-0.25, -0.2) is 4.39 Å². The second-order valence-corrected chi connectivity index (χ2v) is 4.74. The fourth-order valence-electron chi connectivity index (χ4n) is 2.11. The molecule has 4 nitrogen and oxygen atoms in total. The van der Waals surface area contributed by atoms with Crippen LogP contribution >= 0.6 is 0 Å². The zero-order chi connectivity index (χ0) is 14.7. The van der Waals surface area contributed by atoms with E-state index in [1.54, 1.807) is 36.4 Å². The molecule has 110 valence electrons. The standard InChI is InChI=1S/C16H15FO4/c17-13-4-2-1-3-12(13)8-19-9-14(18)11-5-6-15-16(7-11)21-10-20-15/h1-7,14,18H,8-10H2. The molecule has 0 amide bonds. The summed E-state index contributed by atoms with van der Waals surface area (Å²) in [7, 11) is 0. The summed E-state index contributed by atoms with van der Waals surface area (Å²) in [6.45, 7) is 0.390. The van der Waals surface area contributed by atoms with E-state index in [1.807, 2.05) is 0 Å². The lowest BCUT2D eigenvalue weighted by atomic mass is 10.1. The maximum atomic E-state index is 13.4. The minimum atomic E-state index is -0.800. The summed E-state index contributed by atoms with van der Waals surface area (Å²) in [6, 6.07) is 11.6. The molecular weight excluding hydrogens is 275 g/mol. The van der Waals surface area contributed by atoms with Crippen LogP contribution < -0.4 is 9.47 Å². The van der Waals surface area contributed by atoms with Crippen molar-refractivity contribution in [1.29, 1.82) is 0 Å². The van der Waals surface area contributed by atoms with E-state index >= 15 is 0 Å². The van der Waals surface area contributed by atoms with Gasteiger partial charge in [-0.05, 0) is 23.8 Å². The summed E-state index contributed by atoms with van der Waals surface area (Å²) in [5.74, 6) is 0.967. The van der Waals surface area contributed by atoms with Gasteiger partial charge in [0.05, 0.1) is 13.2 Å². The van der Waals surface area contributed by atoms with Crippen LogP contribution in [-0.2, 0) is 11.3 Å². The highest BCUT2D eigenvalue weighted by Gasteiger charge is 2.16. The number of fused-ring (bicyclic) bond motifs is 1. The average Bonchev–Trinajstić information content (AvgIpc) is 2.96. The molecule has 21 heavy (non-hydrogen) atoms. The van der Waals surface area contributed by atoms with Gasteiger partial charge in [-0.3, -0.25) is 0 Å². The molecule has 5 heteroatoms. The van der Waals surface area contributed by atoms with Crippen molar-refractivity contribution in [2.45, 2.75) is 12.7 Å². The van der Waals surface area contributed by atoms with Crippen LogP contribution in [-0.4, -0.2) is 18.5 Å². The van der Waals surface area contributed by atoms with E-state index in [1.165, 1.54) is 6.07 Å². The van der Waals surface area contributed by atoms with Crippen LogP contribution in [0, 0.1) is 5.82 Å². The summed E-state index contributed by atoms with van der Waals surface area (Å²) < 4.78 is 29.3. The Hall–Kier alpha value is -2.11. The van der Waals surface area contributed by atoms with Crippen LogP contribution in [0.25, 0.3) is 0 Å². The highest BCUT2D eigenvalue weighted by Crippen LogP contribution is 2.34. The third-order valence-corrected chi connectivity index (χ3v) is 3.27. The van der Waals surface area contributed by atoms with E-state index in [2.05, 4.69) is 0 Å². The first-order valence-electron chi connectivity index (χ1n) is 6.63. The summed E-state index contributed by atoms with van der Waals surface area (Å²) >= 11 is 0. The summed E-state index contributed by atoms with van der Waals surface area (Å²) in [6.07, 6.45) is -0.800. The quantitative estimate of drug-likeness (QED) is 0.920. The van der Waals surface area contributed by atoms with Crippen molar-refractivity contribution in [3.8, 4) is 11.5 Å². The molecule has 0 aliphatic carbocycles. The van der Waals surface area contributed by atoms with E-state index < -0.39 is 6.10 Å². The van der Waals surface area contributed by atoms with Gasteiger partial charge in [0.1, 0.15) is 11.9 Å². The maximum Gasteiger partial charge on any atom is 0.231 e. The molecule has 1 aliphatic rings. The largest absolute Gasteiger partial charge is 0.454 e. The van der Waals surface area contributed by atoms with E-state index in [9.17, 15) is 9.50 Å². The van der Waals surface area contributed by atoms with E-state index in [0.717, 1.165) is 0 Å². The van der Waals surface area contributed by atoms with Gasteiger partial charge in [0.25, 0.3) is 0 Å². The van der Waals surface area contributed by atoms with Gasteiger partial charge in [-0.2, -0.15) is 0 Å². The zero-order valence-electron chi connectivity index (χ0n) is 11.3. The minimum absolute atomic E-state index is 0.0774. The topological polar surface area (TPSA) is 47.9 Å². The molecule has 0 fully saturated rings. The first kappa shape index (κ1) is 13.9. The second kappa shape index (κ2) is 6.11. The molecule has 0 spiro atoms. The predicted molar refractivity (Wildman–Crippen MR) is 73.6 cm³/mol. The minimum Gasteiger partial charge on any atom is -0.454 e. The molecule has 1 atom stereocenters. The van der Waals surface area contributed by atoms with Crippen LogP contribution in [0.15, 0.2) is 42.5 Å². The number of aliphatic hydroxyl groups is 1. The van der Waals surface area contributed by atoms with Crippen molar-refractivity contribution < 1.29 is 23.7 Å². The first-order chi connectivity index (χ1) is 10.2. The third-order valence-electron chi connectivity index (χ3n) is 3.27. The average molecular weight is 290 g/mol. The van der Waals surface area contributed by atoms with E-state index in [4.69, 9.17) is 14.2 Å². The molecule has 0 bridgehead atoms. The lowest BCUT2D eigenvalue weighted by Gasteiger charge is -2.12. The first-order valence-corrected chi connectivity index (χ1v) is 6.63. The molecule has 1 N–H and O–H groups in total. The van der Waals surface area contributed by atoms with Gasteiger partial charge in [0.15, 0.2) is 11.5 Å². The molecule has 0 saturated carbocycles. The van der Waals surface area contributed by atoms with Crippen molar-refractivity contribution in [2.75, 3.05) is 13.4 Å². The predicted octanol–water partition coefficient (Wildman–Crippen LogP) is 2.80. The van der Waals surface area contributed by atoms with Gasteiger partial charge >= 0.3 is 0 Å². The van der Waals surface area contributed by atoms with Gasteiger partial charge in [0.2, 0.25) is 6.79 Å². The smallest absolute Gasteiger partial charge is 0.231 e.